The Kier molecular flexibility index (Phi) is 9.35. The van der Waals surface area contributed by atoms with Crippen LogP contribution in [0.5, 0.6) is 0 Å². The van der Waals surface area contributed by atoms with E-state index in [1.54, 1.807) is 0 Å². The van der Waals surface area contributed by atoms with Gasteiger partial charge in [0.1, 0.15) is 0 Å². The molecule has 0 saturated heterocycles. The van der Waals surface area contributed by atoms with Crippen LogP contribution < -0.4 is 16.8 Å². The molecule has 0 aliphatic heterocycles. The van der Waals surface area contributed by atoms with Gasteiger partial charge in [-0.15, -0.1) is 6.58 Å². The largest absolute Gasteiger partial charge is 0.329 e. The van der Waals surface area contributed by atoms with Crippen LogP contribution in [0.4, 0.5) is 0 Å². The topological polar surface area (TPSA) is 67.3 Å². The molecule has 0 unspecified atom stereocenters. The number of nitrogens with one attached hydrogen (secondary N) is 1. The van der Waals surface area contributed by atoms with Crippen LogP contribution in [0.2, 0.25) is 0 Å². The normalized spacial score (nSPS) is 10.7. The van der Waals surface area contributed by atoms with Crippen LogP contribution in [0.1, 0.15) is 0 Å². The van der Waals surface area contributed by atoms with E-state index in [-0.39, 0.29) is 0 Å². The molecule has 0 aliphatic rings. The molecule has 0 radical (unpaired) electrons. The van der Waals surface area contributed by atoms with Gasteiger partial charge in [-0.05, 0) is 0 Å². The van der Waals surface area contributed by atoms with Crippen molar-refractivity contribution in [3.05, 3.63) is 12.7 Å². The summed E-state index contributed by atoms with van der Waals surface area (Å²) in [5.41, 5.74) is 10.9. The molecular weight excluding hydrogens is 164 g/mol. The molecule has 0 spiro atoms. The lowest BCUT2D eigenvalue weighted by molar-refractivity contribution is 0.289. The Morgan fingerprint density at radius 2 is 1.77 bits per heavy atom. The first-order chi connectivity index (χ1) is 6.35. The molecule has 4 heteroatoms. The second kappa shape index (κ2) is 9.67. The maximum Gasteiger partial charge on any atom is 0.0132 e. The molecule has 0 heterocycles. The monoisotopic (exact) mass is 186 g/mol. The van der Waals surface area contributed by atoms with Crippen molar-refractivity contribution in [3.8, 4) is 0 Å². The SMILES string of the molecule is C=CCNCCN(CCN)CCN. The van der Waals surface area contributed by atoms with E-state index in [1.165, 1.54) is 0 Å². The van der Waals surface area contributed by atoms with Crippen molar-refractivity contribution < 1.29 is 0 Å². The fourth-order valence-corrected chi connectivity index (χ4v) is 1.14. The molecule has 0 bridgehead atoms. The summed E-state index contributed by atoms with van der Waals surface area (Å²) < 4.78 is 0. The third-order valence-corrected chi connectivity index (χ3v) is 1.78. The number of nitrogens with two attached hydrogens (primary N) is 2. The maximum absolute atomic E-state index is 5.47. The minimum absolute atomic E-state index is 0.696. The average molecular weight is 186 g/mol. The summed E-state index contributed by atoms with van der Waals surface area (Å²) in [5, 5.41) is 3.24. The third kappa shape index (κ3) is 7.93. The van der Waals surface area contributed by atoms with E-state index in [1.807, 2.05) is 6.08 Å². The Hall–Kier alpha value is -0.420. The molecule has 13 heavy (non-hydrogen) atoms. The molecule has 0 atom stereocenters. The van der Waals surface area contributed by atoms with Gasteiger partial charge in [0, 0.05) is 45.8 Å². The highest BCUT2D eigenvalue weighted by molar-refractivity contribution is 4.70. The van der Waals surface area contributed by atoms with Crippen LogP contribution in [0, 0.1) is 0 Å². The summed E-state index contributed by atoms with van der Waals surface area (Å²) >= 11 is 0. The van der Waals surface area contributed by atoms with Gasteiger partial charge in [-0.2, -0.15) is 0 Å². The summed E-state index contributed by atoms with van der Waals surface area (Å²) in [6, 6.07) is 0. The van der Waals surface area contributed by atoms with Crippen LogP contribution >= 0.6 is 0 Å². The van der Waals surface area contributed by atoms with Crippen molar-refractivity contribution in [2.45, 2.75) is 0 Å². The Morgan fingerprint density at radius 3 is 2.23 bits per heavy atom. The van der Waals surface area contributed by atoms with E-state index < -0.39 is 0 Å². The Balaban J connectivity index is 3.37. The van der Waals surface area contributed by atoms with Gasteiger partial charge in [0.15, 0.2) is 0 Å². The van der Waals surface area contributed by atoms with Gasteiger partial charge in [0.05, 0.1) is 0 Å². The Labute approximate surface area is 81.0 Å². The van der Waals surface area contributed by atoms with Crippen molar-refractivity contribution >= 4 is 0 Å². The molecule has 0 fully saturated rings. The second-order valence-corrected chi connectivity index (χ2v) is 2.91. The standard InChI is InChI=1S/C9H22N4/c1-2-5-12-6-9-13(7-3-10)8-4-11/h2,12H,1,3-11H2. The van der Waals surface area contributed by atoms with Gasteiger partial charge < -0.3 is 16.8 Å². The maximum atomic E-state index is 5.47. The highest BCUT2D eigenvalue weighted by atomic mass is 15.1. The summed E-state index contributed by atoms with van der Waals surface area (Å²) in [6.45, 7) is 9.70. The van der Waals surface area contributed by atoms with Crippen LogP contribution in [0.25, 0.3) is 0 Å². The van der Waals surface area contributed by atoms with E-state index in [0.29, 0.717) is 13.1 Å². The van der Waals surface area contributed by atoms with Crippen molar-refractivity contribution in [3.63, 3.8) is 0 Å². The predicted molar refractivity (Wildman–Crippen MR) is 57.6 cm³/mol. The summed E-state index contributed by atoms with van der Waals surface area (Å²) in [7, 11) is 0. The van der Waals surface area contributed by atoms with Crippen molar-refractivity contribution in [2.75, 3.05) is 45.8 Å². The average Bonchev–Trinajstić information content (AvgIpc) is 2.13. The van der Waals surface area contributed by atoms with Gasteiger partial charge in [0.2, 0.25) is 0 Å². The summed E-state index contributed by atoms with van der Waals surface area (Å²) in [5.74, 6) is 0. The van der Waals surface area contributed by atoms with Crippen LogP contribution in [-0.4, -0.2) is 50.7 Å². The lowest BCUT2D eigenvalue weighted by Gasteiger charge is -2.20. The molecule has 5 N–H and O–H groups in total. The molecule has 0 rings (SSSR count). The molecule has 0 aromatic rings. The van der Waals surface area contributed by atoms with Crippen LogP contribution in [-0.2, 0) is 0 Å². The molecule has 0 aromatic carbocycles. The Morgan fingerprint density at radius 1 is 1.15 bits per heavy atom. The zero-order valence-electron chi connectivity index (χ0n) is 8.34. The Bertz CT molecular complexity index is 110. The van der Waals surface area contributed by atoms with Crippen molar-refractivity contribution in [2.24, 2.45) is 11.5 Å². The first-order valence-electron chi connectivity index (χ1n) is 4.79. The highest BCUT2D eigenvalue weighted by Crippen LogP contribution is 1.83. The minimum Gasteiger partial charge on any atom is -0.329 e. The third-order valence-electron chi connectivity index (χ3n) is 1.78. The molecule has 78 valence electrons. The number of nitrogens with zero attached hydrogens (tertiary/aromatic N) is 1. The van der Waals surface area contributed by atoms with E-state index in [4.69, 9.17) is 11.5 Å². The molecule has 0 aliphatic carbocycles. The lowest BCUT2D eigenvalue weighted by Crippen LogP contribution is -2.38. The number of hydrogen-bond donors (Lipinski definition) is 3. The molecule has 0 amide bonds. The smallest absolute Gasteiger partial charge is 0.0132 e. The zero-order chi connectivity index (χ0) is 9.94. The molecule has 4 nitrogen and oxygen atoms in total. The van der Waals surface area contributed by atoms with E-state index in [2.05, 4.69) is 16.8 Å². The minimum atomic E-state index is 0.696. The van der Waals surface area contributed by atoms with Crippen molar-refractivity contribution in [1.82, 2.24) is 10.2 Å². The summed E-state index contributed by atoms with van der Waals surface area (Å²) in [6.07, 6.45) is 1.86. The molecule has 0 saturated carbocycles. The van der Waals surface area contributed by atoms with Gasteiger partial charge in [-0.3, -0.25) is 4.90 Å². The van der Waals surface area contributed by atoms with E-state index in [0.717, 1.165) is 32.7 Å². The summed E-state index contributed by atoms with van der Waals surface area (Å²) in [4.78, 5) is 2.26. The number of rotatable bonds is 9. The second-order valence-electron chi connectivity index (χ2n) is 2.91. The van der Waals surface area contributed by atoms with Gasteiger partial charge in [-0.25, -0.2) is 0 Å². The highest BCUT2D eigenvalue weighted by Gasteiger charge is 2.00. The first kappa shape index (κ1) is 12.6. The quantitative estimate of drug-likeness (QED) is 0.318. The lowest BCUT2D eigenvalue weighted by atomic mass is 10.4. The zero-order valence-corrected chi connectivity index (χ0v) is 8.34. The van der Waals surface area contributed by atoms with Gasteiger partial charge in [-0.1, -0.05) is 6.08 Å². The van der Waals surface area contributed by atoms with Crippen LogP contribution in [0.15, 0.2) is 12.7 Å². The fraction of sp³-hybridized carbons (Fsp3) is 0.778. The van der Waals surface area contributed by atoms with E-state index >= 15 is 0 Å². The van der Waals surface area contributed by atoms with Crippen molar-refractivity contribution in [1.29, 1.82) is 0 Å². The number of hydrogen-bond acceptors (Lipinski definition) is 4. The van der Waals surface area contributed by atoms with Gasteiger partial charge in [0.25, 0.3) is 0 Å². The predicted octanol–water partition coefficient (Wildman–Crippen LogP) is -1.02. The fourth-order valence-electron chi connectivity index (χ4n) is 1.14. The molecular formula is C9H22N4. The van der Waals surface area contributed by atoms with Crippen LogP contribution in [0.3, 0.4) is 0 Å². The molecule has 0 aromatic heterocycles. The van der Waals surface area contributed by atoms with Gasteiger partial charge >= 0.3 is 0 Å². The first-order valence-corrected chi connectivity index (χ1v) is 4.79. The van der Waals surface area contributed by atoms with E-state index in [9.17, 15) is 0 Å².